The fourth-order valence-electron chi connectivity index (χ4n) is 1.86. The van der Waals surface area contributed by atoms with Crippen LogP contribution in [-0.2, 0) is 6.54 Å². The highest BCUT2D eigenvalue weighted by molar-refractivity contribution is 6.30. The van der Waals surface area contributed by atoms with Gasteiger partial charge in [0, 0.05) is 12.1 Å². The van der Waals surface area contributed by atoms with Gasteiger partial charge >= 0.3 is 0 Å². The van der Waals surface area contributed by atoms with Crippen molar-refractivity contribution < 1.29 is 8.78 Å². The molecule has 6 heteroatoms. The Kier molecular flexibility index (Phi) is 4.58. The minimum absolute atomic E-state index is 0.0105. The molecule has 0 heterocycles. The number of aliphatic imine (C=N–C) groups is 1. The summed E-state index contributed by atoms with van der Waals surface area (Å²) in [6, 6.07) is 1.99. The summed E-state index contributed by atoms with van der Waals surface area (Å²) in [5.41, 5.74) is 5.80. The van der Waals surface area contributed by atoms with Crippen LogP contribution >= 0.6 is 11.6 Å². The lowest BCUT2D eigenvalue weighted by atomic mass is 9.85. The van der Waals surface area contributed by atoms with Gasteiger partial charge in [0.1, 0.15) is 11.6 Å². The molecule has 104 valence electrons. The van der Waals surface area contributed by atoms with E-state index in [9.17, 15) is 8.78 Å². The molecular formula is C13H16ClF2N3. The van der Waals surface area contributed by atoms with Gasteiger partial charge in [0.15, 0.2) is 5.96 Å². The van der Waals surface area contributed by atoms with Crippen molar-refractivity contribution in [2.45, 2.75) is 25.8 Å². The number of rotatable bonds is 4. The first-order valence-electron chi connectivity index (χ1n) is 6.23. The van der Waals surface area contributed by atoms with Crippen LogP contribution < -0.4 is 11.1 Å². The Morgan fingerprint density at radius 2 is 2.11 bits per heavy atom. The molecule has 1 aromatic carbocycles. The average molecular weight is 288 g/mol. The predicted molar refractivity (Wildman–Crippen MR) is 72.0 cm³/mol. The van der Waals surface area contributed by atoms with Crippen LogP contribution in [0.2, 0.25) is 5.02 Å². The minimum atomic E-state index is -0.658. The number of nitrogens with one attached hydrogen (secondary N) is 1. The molecule has 3 N–H and O–H groups in total. The van der Waals surface area contributed by atoms with E-state index in [1.807, 2.05) is 0 Å². The third kappa shape index (κ3) is 3.80. The maximum Gasteiger partial charge on any atom is 0.188 e. The predicted octanol–water partition coefficient (Wildman–Crippen LogP) is 2.82. The number of benzene rings is 1. The van der Waals surface area contributed by atoms with Gasteiger partial charge in [-0.3, -0.25) is 0 Å². The Balaban J connectivity index is 1.90. The van der Waals surface area contributed by atoms with E-state index in [4.69, 9.17) is 17.3 Å². The van der Waals surface area contributed by atoms with Gasteiger partial charge in [-0.15, -0.1) is 0 Å². The Hall–Kier alpha value is -1.36. The van der Waals surface area contributed by atoms with Crippen molar-refractivity contribution in [1.29, 1.82) is 0 Å². The van der Waals surface area contributed by atoms with E-state index in [0.29, 0.717) is 5.92 Å². The molecule has 0 radical (unpaired) electrons. The second-order valence-corrected chi connectivity index (χ2v) is 5.14. The van der Waals surface area contributed by atoms with E-state index in [-0.39, 0.29) is 23.1 Å². The summed E-state index contributed by atoms with van der Waals surface area (Å²) in [5, 5.41) is 2.75. The minimum Gasteiger partial charge on any atom is -0.370 e. The molecule has 1 aliphatic carbocycles. The average Bonchev–Trinajstić information content (AvgIpc) is 2.30. The highest BCUT2D eigenvalue weighted by Crippen LogP contribution is 2.25. The molecule has 2 rings (SSSR count). The topological polar surface area (TPSA) is 50.4 Å². The molecule has 0 aromatic heterocycles. The fourth-order valence-corrected chi connectivity index (χ4v) is 2.01. The van der Waals surface area contributed by atoms with Crippen LogP contribution in [0.3, 0.4) is 0 Å². The van der Waals surface area contributed by atoms with Crippen molar-refractivity contribution in [3.8, 4) is 0 Å². The van der Waals surface area contributed by atoms with Crippen molar-refractivity contribution in [2.75, 3.05) is 6.54 Å². The molecule has 1 fully saturated rings. The number of hydrogen-bond acceptors (Lipinski definition) is 1. The molecule has 0 unspecified atom stereocenters. The van der Waals surface area contributed by atoms with E-state index in [2.05, 4.69) is 10.3 Å². The molecule has 1 aliphatic rings. The molecule has 0 atom stereocenters. The van der Waals surface area contributed by atoms with Crippen molar-refractivity contribution in [3.05, 3.63) is 34.4 Å². The standard InChI is InChI=1S/C13H16ClF2N3/c14-10-5-11(15)9(4-12(10)16)7-19-13(17)18-6-8-2-1-3-8/h4-5,8H,1-3,6-7H2,(H3,17,18,19). The highest BCUT2D eigenvalue weighted by atomic mass is 35.5. The summed E-state index contributed by atoms with van der Waals surface area (Å²) in [4.78, 5) is 3.99. The third-order valence-electron chi connectivity index (χ3n) is 3.31. The van der Waals surface area contributed by atoms with Crippen LogP contribution in [0.5, 0.6) is 0 Å². The SMILES string of the molecule is NC(=NCc1cc(F)c(Cl)cc1F)NCC1CCC1. The summed E-state index contributed by atoms with van der Waals surface area (Å²) in [6.07, 6.45) is 3.67. The van der Waals surface area contributed by atoms with E-state index >= 15 is 0 Å². The largest absolute Gasteiger partial charge is 0.370 e. The Bertz CT molecular complexity index is 487. The zero-order chi connectivity index (χ0) is 13.8. The van der Waals surface area contributed by atoms with Crippen molar-refractivity contribution in [1.82, 2.24) is 5.32 Å². The highest BCUT2D eigenvalue weighted by Gasteiger charge is 2.16. The zero-order valence-electron chi connectivity index (χ0n) is 10.4. The van der Waals surface area contributed by atoms with E-state index < -0.39 is 11.6 Å². The van der Waals surface area contributed by atoms with Crippen molar-refractivity contribution >= 4 is 17.6 Å². The van der Waals surface area contributed by atoms with Gasteiger partial charge in [0.05, 0.1) is 11.6 Å². The first-order chi connectivity index (χ1) is 9.06. The van der Waals surface area contributed by atoms with Gasteiger partial charge in [-0.1, -0.05) is 18.0 Å². The first kappa shape index (κ1) is 14.1. The second-order valence-electron chi connectivity index (χ2n) is 4.74. The molecule has 0 spiro atoms. The van der Waals surface area contributed by atoms with Gasteiger partial charge < -0.3 is 11.1 Å². The van der Waals surface area contributed by atoms with Crippen LogP contribution in [0, 0.1) is 17.6 Å². The summed E-state index contributed by atoms with van der Waals surface area (Å²) in [5.74, 6) is -0.337. The molecule has 0 amide bonds. The quantitative estimate of drug-likeness (QED) is 0.508. The zero-order valence-corrected chi connectivity index (χ0v) is 11.2. The summed E-state index contributed by atoms with van der Waals surface area (Å²) in [6.45, 7) is 0.774. The van der Waals surface area contributed by atoms with Crippen molar-refractivity contribution in [3.63, 3.8) is 0 Å². The van der Waals surface area contributed by atoms with E-state index in [1.54, 1.807) is 0 Å². The lowest BCUT2D eigenvalue weighted by Gasteiger charge is -2.25. The summed E-state index contributed by atoms with van der Waals surface area (Å²) < 4.78 is 26.7. The van der Waals surface area contributed by atoms with Crippen LogP contribution in [0.15, 0.2) is 17.1 Å². The number of nitrogens with zero attached hydrogens (tertiary/aromatic N) is 1. The van der Waals surface area contributed by atoms with Gasteiger partial charge in [-0.05, 0) is 30.9 Å². The maximum absolute atomic E-state index is 13.5. The molecular weight excluding hydrogens is 272 g/mol. The molecule has 19 heavy (non-hydrogen) atoms. The molecule has 0 aliphatic heterocycles. The summed E-state index contributed by atoms with van der Waals surface area (Å²) in [7, 11) is 0. The Morgan fingerprint density at radius 3 is 2.74 bits per heavy atom. The monoisotopic (exact) mass is 287 g/mol. The Labute approximate surface area is 115 Å². The number of hydrogen-bond donors (Lipinski definition) is 2. The second kappa shape index (κ2) is 6.19. The van der Waals surface area contributed by atoms with Gasteiger partial charge in [-0.25, -0.2) is 13.8 Å². The van der Waals surface area contributed by atoms with E-state index in [1.165, 1.54) is 19.3 Å². The fraction of sp³-hybridized carbons (Fsp3) is 0.462. The normalized spacial score (nSPS) is 16.3. The smallest absolute Gasteiger partial charge is 0.188 e. The summed E-state index contributed by atoms with van der Waals surface area (Å²) >= 11 is 5.47. The number of nitrogens with two attached hydrogens (primary N) is 1. The number of guanidine groups is 1. The van der Waals surface area contributed by atoms with Gasteiger partial charge in [-0.2, -0.15) is 0 Å². The molecule has 1 aromatic rings. The van der Waals surface area contributed by atoms with Gasteiger partial charge in [0.25, 0.3) is 0 Å². The first-order valence-corrected chi connectivity index (χ1v) is 6.61. The Morgan fingerprint density at radius 1 is 1.37 bits per heavy atom. The number of halogens is 3. The lowest BCUT2D eigenvalue weighted by molar-refractivity contribution is 0.315. The van der Waals surface area contributed by atoms with Gasteiger partial charge in [0.2, 0.25) is 0 Å². The molecule has 0 bridgehead atoms. The van der Waals surface area contributed by atoms with Crippen LogP contribution in [-0.4, -0.2) is 12.5 Å². The van der Waals surface area contributed by atoms with Crippen molar-refractivity contribution in [2.24, 2.45) is 16.6 Å². The van der Waals surface area contributed by atoms with Crippen LogP contribution in [0.1, 0.15) is 24.8 Å². The van der Waals surface area contributed by atoms with Crippen LogP contribution in [0.4, 0.5) is 8.78 Å². The molecule has 1 saturated carbocycles. The molecule has 0 saturated heterocycles. The lowest BCUT2D eigenvalue weighted by Crippen LogP contribution is -2.37. The molecule has 3 nitrogen and oxygen atoms in total. The third-order valence-corrected chi connectivity index (χ3v) is 3.60. The van der Waals surface area contributed by atoms with Crippen LogP contribution in [0.25, 0.3) is 0 Å². The maximum atomic E-state index is 13.5. The van der Waals surface area contributed by atoms with E-state index in [0.717, 1.165) is 18.7 Å².